The van der Waals surface area contributed by atoms with Crippen molar-refractivity contribution in [3.05, 3.63) is 77.6 Å². The zero-order valence-electron chi connectivity index (χ0n) is 16.7. The Hall–Kier alpha value is -4.07. The molecule has 0 saturated carbocycles. The highest BCUT2D eigenvalue weighted by Gasteiger charge is 2.23. The van der Waals surface area contributed by atoms with Crippen LogP contribution in [0, 0.1) is 0 Å². The summed E-state index contributed by atoms with van der Waals surface area (Å²) in [6, 6.07) is 8.44. The summed E-state index contributed by atoms with van der Waals surface area (Å²) in [7, 11) is 0. The van der Waals surface area contributed by atoms with Gasteiger partial charge in [0.25, 0.3) is 17.7 Å². The van der Waals surface area contributed by atoms with Gasteiger partial charge in [0.2, 0.25) is 0 Å². The van der Waals surface area contributed by atoms with Gasteiger partial charge in [-0.2, -0.15) is 0 Å². The van der Waals surface area contributed by atoms with Crippen molar-refractivity contribution in [3.63, 3.8) is 0 Å². The number of amides is 3. The van der Waals surface area contributed by atoms with E-state index in [0.717, 1.165) is 6.08 Å². The van der Waals surface area contributed by atoms with Crippen molar-refractivity contribution in [2.75, 3.05) is 4.90 Å². The summed E-state index contributed by atoms with van der Waals surface area (Å²) >= 11 is 0. The van der Waals surface area contributed by atoms with E-state index in [0.29, 0.717) is 5.69 Å². The van der Waals surface area contributed by atoms with Crippen LogP contribution < -0.4 is 10.2 Å². The number of para-hydroxylation sites is 1. The molecule has 0 fully saturated rings. The van der Waals surface area contributed by atoms with Crippen LogP contribution in [0.1, 0.15) is 20.8 Å². The van der Waals surface area contributed by atoms with Crippen molar-refractivity contribution in [3.8, 4) is 0 Å². The van der Waals surface area contributed by atoms with E-state index >= 15 is 0 Å². The summed E-state index contributed by atoms with van der Waals surface area (Å²) in [4.78, 5) is 61.0. The van der Waals surface area contributed by atoms with Gasteiger partial charge in [0.15, 0.2) is 0 Å². The standard InChI is InChI=1S/C22H20N2O6/c1-13(2)21(28)30-22(29)15(4)12-24(17-8-6-5-7-9-17)20(27)14(3)10-16-11-18(25)23-19(16)26/h5-12H,1H2,2-4H3,(H,23,25,26). The summed E-state index contributed by atoms with van der Waals surface area (Å²) in [5.74, 6) is -3.51. The predicted octanol–water partition coefficient (Wildman–Crippen LogP) is 2.10. The third-order valence-electron chi connectivity index (χ3n) is 3.93. The molecule has 1 N–H and O–H groups in total. The van der Waals surface area contributed by atoms with Gasteiger partial charge < -0.3 is 4.74 Å². The number of rotatable bonds is 6. The molecule has 1 heterocycles. The maximum absolute atomic E-state index is 13.0. The lowest BCUT2D eigenvalue weighted by Crippen LogP contribution is -2.28. The molecular weight excluding hydrogens is 388 g/mol. The Kier molecular flexibility index (Phi) is 6.98. The Balaban J connectivity index is 2.37. The summed E-state index contributed by atoms with van der Waals surface area (Å²) < 4.78 is 4.69. The molecule has 0 radical (unpaired) electrons. The zero-order chi connectivity index (χ0) is 22.4. The largest absolute Gasteiger partial charge is 0.386 e. The van der Waals surface area contributed by atoms with Crippen LogP contribution in [0.3, 0.4) is 0 Å². The Labute approximate surface area is 173 Å². The molecule has 2 rings (SSSR count). The molecule has 0 atom stereocenters. The van der Waals surface area contributed by atoms with Gasteiger partial charge in [-0.3, -0.25) is 24.6 Å². The molecule has 0 unspecified atom stereocenters. The van der Waals surface area contributed by atoms with Crippen LogP contribution >= 0.6 is 0 Å². The molecule has 0 aliphatic carbocycles. The van der Waals surface area contributed by atoms with E-state index in [1.54, 1.807) is 30.3 Å². The Morgan fingerprint density at radius 1 is 1.00 bits per heavy atom. The fraction of sp³-hybridized carbons (Fsp3) is 0.136. The van der Waals surface area contributed by atoms with Crippen molar-refractivity contribution in [2.45, 2.75) is 20.8 Å². The van der Waals surface area contributed by atoms with E-state index in [-0.39, 0.29) is 22.3 Å². The third-order valence-corrected chi connectivity index (χ3v) is 3.93. The molecule has 8 nitrogen and oxygen atoms in total. The molecule has 1 aliphatic rings. The predicted molar refractivity (Wildman–Crippen MR) is 109 cm³/mol. The molecule has 30 heavy (non-hydrogen) atoms. The maximum Gasteiger partial charge on any atom is 0.343 e. The van der Waals surface area contributed by atoms with Gasteiger partial charge in [-0.05, 0) is 39.0 Å². The minimum atomic E-state index is -0.929. The minimum Gasteiger partial charge on any atom is -0.386 e. The summed E-state index contributed by atoms with van der Waals surface area (Å²) in [6.07, 6.45) is 3.61. The third kappa shape index (κ3) is 5.48. The van der Waals surface area contributed by atoms with Crippen LogP contribution in [0.2, 0.25) is 0 Å². The van der Waals surface area contributed by atoms with E-state index in [1.807, 2.05) is 0 Å². The number of esters is 2. The van der Waals surface area contributed by atoms with Gasteiger partial charge in [0.05, 0.1) is 5.57 Å². The number of carbonyl (C=O) groups is 5. The number of anilines is 1. The van der Waals surface area contributed by atoms with Gasteiger partial charge in [0, 0.05) is 34.7 Å². The highest BCUT2D eigenvalue weighted by Crippen LogP contribution is 2.20. The molecule has 3 amide bonds. The molecule has 0 bridgehead atoms. The molecule has 1 aliphatic heterocycles. The number of nitrogens with one attached hydrogen (secondary N) is 1. The fourth-order valence-corrected chi connectivity index (χ4v) is 2.36. The lowest BCUT2D eigenvalue weighted by atomic mass is 10.1. The van der Waals surface area contributed by atoms with Gasteiger partial charge in [0.1, 0.15) is 0 Å². The van der Waals surface area contributed by atoms with Crippen LogP contribution in [0.25, 0.3) is 0 Å². The zero-order valence-corrected chi connectivity index (χ0v) is 16.7. The highest BCUT2D eigenvalue weighted by molar-refractivity contribution is 6.19. The molecule has 8 heteroatoms. The first-order valence-corrected chi connectivity index (χ1v) is 8.84. The van der Waals surface area contributed by atoms with Crippen molar-refractivity contribution in [1.29, 1.82) is 0 Å². The smallest absolute Gasteiger partial charge is 0.343 e. The topological polar surface area (TPSA) is 110 Å². The summed E-state index contributed by atoms with van der Waals surface area (Å²) in [5.41, 5.74) is 0.678. The average molecular weight is 408 g/mol. The minimum absolute atomic E-state index is 0.0115. The lowest BCUT2D eigenvalue weighted by Gasteiger charge is -2.20. The summed E-state index contributed by atoms with van der Waals surface area (Å²) in [5, 5.41) is 2.09. The number of carbonyl (C=O) groups excluding carboxylic acids is 5. The van der Waals surface area contributed by atoms with Crippen LogP contribution in [0.4, 0.5) is 5.69 Å². The van der Waals surface area contributed by atoms with Gasteiger partial charge in [-0.25, -0.2) is 9.59 Å². The molecule has 0 saturated heterocycles. The Morgan fingerprint density at radius 2 is 1.63 bits per heavy atom. The molecule has 1 aromatic carbocycles. The number of benzene rings is 1. The average Bonchev–Trinajstić information content (AvgIpc) is 3.02. The summed E-state index contributed by atoms with van der Waals surface area (Å²) in [6.45, 7) is 7.68. The number of ether oxygens (including phenoxy) is 1. The van der Waals surface area contributed by atoms with E-state index in [1.165, 1.54) is 37.9 Å². The number of nitrogens with zero attached hydrogens (tertiary/aromatic N) is 1. The second-order valence-electron chi connectivity index (χ2n) is 6.53. The van der Waals surface area contributed by atoms with Crippen molar-refractivity contribution < 1.29 is 28.7 Å². The van der Waals surface area contributed by atoms with Crippen LogP contribution in [-0.4, -0.2) is 29.7 Å². The van der Waals surface area contributed by atoms with Crippen LogP contribution in [-0.2, 0) is 28.7 Å². The second kappa shape index (κ2) is 9.42. The number of hydrogen-bond acceptors (Lipinski definition) is 6. The van der Waals surface area contributed by atoms with E-state index in [2.05, 4.69) is 16.6 Å². The van der Waals surface area contributed by atoms with E-state index in [4.69, 9.17) is 0 Å². The normalized spacial score (nSPS) is 14.0. The quantitative estimate of drug-likeness (QED) is 0.334. The highest BCUT2D eigenvalue weighted by atomic mass is 16.6. The first-order chi connectivity index (χ1) is 14.1. The van der Waals surface area contributed by atoms with Crippen molar-refractivity contribution in [1.82, 2.24) is 5.32 Å². The van der Waals surface area contributed by atoms with Crippen LogP contribution in [0.5, 0.6) is 0 Å². The molecule has 1 aromatic rings. The molecule has 154 valence electrons. The first-order valence-electron chi connectivity index (χ1n) is 8.84. The number of imide groups is 1. The van der Waals surface area contributed by atoms with Crippen molar-refractivity contribution >= 4 is 35.3 Å². The Morgan fingerprint density at radius 3 is 2.17 bits per heavy atom. The van der Waals surface area contributed by atoms with Crippen LogP contribution in [0.15, 0.2) is 77.6 Å². The lowest BCUT2D eigenvalue weighted by molar-refractivity contribution is -0.154. The molecule has 0 spiro atoms. The maximum atomic E-state index is 13.0. The Bertz CT molecular complexity index is 1030. The van der Waals surface area contributed by atoms with E-state index < -0.39 is 29.7 Å². The second-order valence-corrected chi connectivity index (χ2v) is 6.53. The molecular formula is C22H20N2O6. The van der Waals surface area contributed by atoms with Crippen molar-refractivity contribution in [2.24, 2.45) is 0 Å². The molecule has 0 aromatic heterocycles. The SMILES string of the molecule is C=C(C)C(=O)OC(=O)C(C)=CN(C(=O)C(C)=CC1=CC(=O)NC1=O)c1ccccc1. The monoisotopic (exact) mass is 408 g/mol. The van der Waals surface area contributed by atoms with Gasteiger partial charge in [-0.15, -0.1) is 0 Å². The first kappa shape index (κ1) is 22.2. The van der Waals surface area contributed by atoms with E-state index in [9.17, 15) is 24.0 Å². The fourth-order valence-electron chi connectivity index (χ4n) is 2.36. The number of hydrogen-bond donors (Lipinski definition) is 1. The van der Waals surface area contributed by atoms with Gasteiger partial charge in [-0.1, -0.05) is 24.8 Å². The van der Waals surface area contributed by atoms with Gasteiger partial charge >= 0.3 is 11.9 Å².